The number of pyridine rings is 1. The maximum Gasteiger partial charge on any atom is 0.191 e. The lowest BCUT2D eigenvalue weighted by molar-refractivity contribution is 0.506. The van der Waals surface area contributed by atoms with E-state index in [1.54, 1.807) is 18.5 Å². The Bertz CT molecular complexity index is 781. The minimum absolute atomic E-state index is 0. The molecule has 8 heteroatoms. The number of aliphatic imine (C=N–C) groups is 1. The standard InChI is InChI=1S/C20H26FN5O.HI/c1-15(2)13-24-20(23-10-7-17-5-4-12-27-17)25-16-8-11-26(14-16)19-18(21)6-3-9-22-19;/h3-6,9,12,16H,1,7-8,10-11,13-14H2,2H3,(H2,23,24,25);1H. The van der Waals surface area contributed by atoms with E-state index >= 15 is 0 Å². The first kappa shape index (κ1) is 22.2. The third-order valence-corrected chi connectivity index (χ3v) is 4.32. The molecule has 6 nitrogen and oxygen atoms in total. The van der Waals surface area contributed by atoms with Crippen molar-refractivity contribution >= 4 is 35.8 Å². The molecule has 0 aliphatic carbocycles. The summed E-state index contributed by atoms with van der Waals surface area (Å²) in [6.45, 7) is 8.56. The van der Waals surface area contributed by atoms with Gasteiger partial charge in [-0.25, -0.2) is 14.4 Å². The minimum Gasteiger partial charge on any atom is -0.469 e. The highest BCUT2D eigenvalue weighted by Crippen LogP contribution is 2.20. The highest BCUT2D eigenvalue weighted by molar-refractivity contribution is 14.0. The van der Waals surface area contributed by atoms with Crippen molar-refractivity contribution in [2.24, 2.45) is 4.99 Å². The van der Waals surface area contributed by atoms with Crippen molar-refractivity contribution in [1.29, 1.82) is 0 Å². The topological polar surface area (TPSA) is 65.7 Å². The molecule has 28 heavy (non-hydrogen) atoms. The first-order chi connectivity index (χ1) is 13.1. The normalized spacial score (nSPS) is 16.6. The highest BCUT2D eigenvalue weighted by Gasteiger charge is 2.25. The summed E-state index contributed by atoms with van der Waals surface area (Å²) in [5.41, 5.74) is 0.991. The van der Waals surface area contributed by atoms with Crippen LogP contribution in [0, 0.1) is 5.82 Å². The zero-order valence-corrected chi connectivity index (χ0v) is 18.4. The molecule has 2 aromatic rings. The molecule has 1 aliphatic rings. The molecule has 1 aliphatic heterocycles. The van der Waals surface area contributed by atoms with E-state index in [9.17, 15) is 4.39 Å². The molecule has 2 aromatic heterocycles. The Hall–Kier alpha value is -2.10. The van der Waals surface area contributed by atoms with Gasteiger partial charge in [0.1, 0.15) is 5.76 Å². The largest absolute Gasteiger partial charge is 0.469 e. The first-order valence-corrected chi connectivity index (χ1v) is 9.19. The lowest BCUT2D eigenvalue weighted by atomic mass is 10.2. The Morgan fingerprint density at radius 1 is 1.43 bits per heavy atom. The Labute approximate surface area is 182 Å². The molecule has 1 unspecified atom stereocenters. The molecule has 1 saturated heterocycles. The molecular formula is C20H27FIN5O. The van der Waals surface area contributed by atoms with Crippen molar-refractivity contribution in [3.8, 4) is 0 Å². The average molecular weight is 499 g/mol. The lowest BCUT2D eigenvalue weighted by Gasteiger charge is -2.20. The third-order valence-electron chi connectivity index (χ3n) is 4.32. The first-order valence-electron chi connectivity index (χ1n) is 9.19. The number of nitrogens with one attached hydrogen (secondary N) is 2. The molecule has 152 valence electrons. The van der Waals surface area contributed by atoms with Crippen LogP contribution >= 0.6 is 24.0 Å². The molecule has 0 aromatic carbocycles. The number of anilines is 1. The predicted molar refractivity (Wildman–Crippen MR) is 121 cm³/mol. The number of rotatable bonds is 7. The number of hydrogen-bond donors (Lipinski definition) is 2. The summed E-state index contributed by atoms with van der Waals surface area (Å²) in [5.74, 6) is 1.79. The quantitative estimate of drug-likeness (QED) is 0.265. The third kappa shape index (κ3) is 6.50. The second-order valence-corrected chi connectivity index (χ2v) is 6.76. The maximum atomic E-state index is 14.0. The molecule has 2 N–H and O–H groups in total. The van der Waals surface area contributed by atoms with E-state index in [0.717, 1.165) is 36.7 Å². The van der Waals surface area contributed by atoms with Crippen molar-refractivity contribution < 1.29 is 8.81 Å². The molecule has 3 rings (SSSR count). The molecule has 0 saturated carbocycles. The fourth-order valence-electron chi connectivity index (χ4n) is 3.00. The Kier molecular flexibility index (Phi) is 8.75. The zero-order valence-electron chi connectivity index (χ0n) is 16.0. The average Bonchev–Trinajstić information content (AvgIpc) is 3.32. The van der Waals surface area contributed by atoms with Gasteiger partial charge < -0.3 is 20.0 Å². The summed E-state index contributed by atoms with van der Waals surface area (Å²) in [4.78, 5) is 10.7. The summed E-state index contributed by atoms with van der Waals surface area (Å²) in [6.07, 6.45) is 4.96. The number of furan rings is 1. The lowest BCUT2D eigenvalue weighted by Crippen LogP contribution is -2.45. The van der Waals surface area contributed by atoms with E-state index < -0.39 is 0 Å². The number of guanidine groups is 1. The van der Waals surface area contributed by atoms with Gasteiger partial charge in [-0.15, -0.1) is 24.0 Å². The van der Waals surface area contributed by atoms with Crippen LogP contribution < -0.4 is 15.5 Å². The van der Waals surface area contributed by atoms with E-state index in [1.807, 2.05) is 24.0 Å². The molecule has 0 radical (unpaired) electrons. The number of halogens is 2. The SMILES string of the molecule is C=C(C)CN=C(NCCc1ccco1)NC1CCN(c2ncccc2F)C1.I. The summed E-state index contributed by atoms with van der Waals surface area (Å²) < 4.78 is 19.3. The fourth-order valence-corrected chi connectivity index (χ4v) is 3.00. The van der Waals surface area contributed by atoms with Gasteiger partial charge in [-0.1, -0.05) is 12.2 Å². The van der Waals surface area contributed by atoms with Gasteiger partial charge in [0.15, 0.2) is 17.6 Å². The fraction of sp³-hybridized carbons (Fsp3) is 0.400. The summed E-state index contributed by atoms with van der Waals surface area (Å²) in [6, 6.07) is 7.06. The molecule has 1 fully saturated rings. The second kappa shape index (κ2) is 11.0. The summed E-state index contributed by atoms with van der Waals surface area (Å²) in [5, 5.41) is 6.78. The van der Waals surface area contributed by atoms with Gasteiger partial charge in [-0.3, -0.25) is 0 Å². The van der Waals surface area contributed by atoms with E-state index in [-0.39, 0.29) is 35.8 Å². The van der Waals surface area contributed by atoms with Crippen LogP contribution in [-0.2, 0) is 6.42 Å². The Balaban J connectivity index is 0.00000280. The zero-order chi connectivity index (χ0) is 19.1. The van der Waals surface area contributed by atoms with Crippen molar-refractivity contribution in [2.75, 3.05) is 31.1 Å². The van der Waals surface area contributed by atoms with Gasteiger partial charge >= 0.3 is 0 Å². The van der Waals surface area contributed by atoms with Crippen LogP contribution in [0.5, 0.6) is 0 Å². The molecule has 3 heterocycles. The van der Waals surface area contributed by atoms with Gasteiger partial charge in [0.25, 0.3) is 0 Å². The van der Waals surface area contributed by atoms with E-state index in [4.69, 9.17) is 4.42 Å². The van der Waals surface area contributed by atoms with Gasteiger partial charge in [-0.2, -0.15) is 0 Å². The molecule has 0 bridgehead atoms. The van der Waals surface area contributed by atoms with Gasteiger partial charge in [-0.05, 0) is 37.6 Å². The number of nitrogens with zero attached hydrogens (tertiary/aromatic N) is 3. The predicted octanol–water partition coefficient (Wildman–Crippen LogP) is 3.36. The van der Waals surface area contributed by atoms with Crippen molar-refractivity contribution in [1.82, 2.24) is 15.6 Å². The van der Waals surface area contributed by atoms with E-state index in [0.29, 0.717) is 25.5 Å². The molecule has 0 amide bonds. The Morgan fingerprint density at radius 2 is 2.29 bits per heavy atom. The van der Waals surface area contributed by atoms with Crippen LogP contribution in [0.2, 0.25) is 0 Å². The summed E-state index contributed by atoms with van der Waals surface area (Å²) >= 11 is 0. The molecule has 1 atom stereocenters. The molecule has 0 spiro atoms. The van der Waals surface area contributed by atoms with Crippen LogP contribution in [0.4, 0.5) is 10.2 Å². The smallest absolute Gasteiger partial charge is 0.191 e. The van der Waals surface area contributed by atoms with Gasteiger partial charge in [0.2, 0.25) is 0 Å². The number of hydrogen-bond acceptors (Lipinski definition) is 4. The van der Waals surface area contributed by atoms with Crippen LogP contribution in [0.3, 0.4) is 0 Å². The van der Waals surface area contributed by atoms with Crippen molar-refractivity contribution in [2.45, 2.75) is 25.8 Å². The van der Waals surface area contributed by atoms with E-state index in [2.05, 4.69) is 27.2 Å². The highest BCUT2D eigenvalue weighted by atomic mass is 127. The minimum atomic E-state index is -0.286. The van der Waals surface area contributed by atoms with Crippen LogP contribution in [-0.4, -0.2) is 43.2 Å². The second-order valence-electron chi connectivity index (χ2n) is 6.76. The monoisotopic (exact) mass is 499 g/mol. The summed E-state index contributed by atoms with van der Waals surface area (Å²) in [7, 11) is 0. The number of aromatic nitrogens is 1. The Morgan fingerprint density at radius 3 is 3.00 bits per heavy atom. The molecular weight excluding hydrogens is 472 g/mol. The van der Waals surface area contributed by atoms with Crippen LogP contribution in [0.25, 0.3) is 0 Å². The van der Waals surface area contributed by atoms with Gasteiger partial charge in [0, 0.05) is 38.3 Å². The van der Waals surface area contributed by atoms with Crippen LogP contribution in [0.15, 0.2) is 58.3 Å². The van der Waals surface area contributed by atoms with Crippen molar-refractivity contribution in [3.63, 3.8) is 0 Å². The van der Waals surface area contributed by atoms with E-state index in [1.165, 1.54) is 6.07 Å². The van der Waals surface area contributed by atoms with Gasteiger partial charge in [0.05, 0.1) is 12.8 Å². The van der Waals surface area contributed by atoms with Crippen LogP contribution in [0.1, 0.15) is 19.1 Å². The van der Waals surface area contributed by atoms with Crippen molar-refractivity contribution in [3.05, 3.63) is 60.5 Å². The maximum absolute atomic E-state index is 14.0.